The van der Waals surface area contributed by atoms with Crippen molar-refractivity contribution < 1.29 is 4.55 Å². The summed E-state index contributed by atoms with van der Waals surface area (Å²) in [5, 5.41) is 0. The van der Waals surface area contributed by atoms with E-state index in [0.717, 1.165) is 11.3 Å². The van der Waals surface area contributed by atoms with Crippen molar-refractivity contribution in [2.45, 2.75) is 27.7 Å². The molecule has 0 aromatic carbocycles. The quantitative estimate of drug-likeness (QED) is 0.600. The van der Waals surface area contributed by atoms with E-state index in [2.05, 4.69) is 9.38 Å². The molecule has 0 spiro atoms. The fourth-order valence-corrected chi connectivity index (χ4v) is 2.19. The zero-order valence-corrected chi connectivity index (χ0v) is 11.0. The number of rotatable bonds is 3. The van der Waals surface area contributed by atoms with Gasteiger partial charge in [0.15, 0.2) is 0 Å². The Morgan fingerprint density at radius 1 is 1.50 bits per heavy atom. The van der Waals surface area contributed by atoms with Crippen LogP contribution in [0.2, 0.25) is 0 Å². The third kappa shape index (κ3) is 5.28. The summed E-state index contributed by atoms with van der Waals surface area (Å²) < 4.78 is 15.6. The third-order valence-corrected chi connectivity index (χ3v) is 3.25. The lowest BCUT2D eigenvalue weighted by Crippen LogP contribution is -2.19. The van der Waals surface area contributed by atoms with Gasteiger partial charge in [-0.1, -0.05) is 25.2 Å². The van der Waals surface area contributed by atoms with Crippen LogP contribution in [-0.2, 0) is 11.4 Å². The van der Waals surface area contributed by atoms with E-state index in [-0.39, 0.29) is 5.41 Å². The largest absolute Gasteiger partial charge is 0.591 e. The summed E-state index contributed by atoms with van der Waals surface area (Å²) in [4.78, 5) is 4.12. The molecule has 0 saturated heterocycles. The highest BCUT2D eigenvalue weighted by Gasteiger charge is 2.19. The molecule has 88 valence electrons. The number of hydrogen-bond donors (Lipinski definition) is 0. The molecule has 0 aliphatic carbocycles. The smallest absolute Gasteiger partial charge is 0.138 e. The van der Waals surface area contributed by atoms with Gasteiger partial charge in [-0.2, -0.15) is 0 Å². The maximum Gasteiger partial charge on any atom is 0.138 e. The zero-order chi connectivity index (χ0) is 12.2. The van der Waals surface area contributed by atoms with Crippen LogP contribution in [0.1, 0.15) is 32.0 Å². The van der Waals surface area contributed by atoms with E-state index in [1.165, 1.54) is 0 Å². The predicted molar refractivity (Wildman–Crippen MR) is 69.0 cm³/mol. The molecule has 16 heavy (non-hydrogen) atoms. The summed E-state index contributed by atoms with van der Waals surface area (Å²) in [6.07, 6.45) is 3.30. The van der Waals surface area contributed by atoms with Crippen LogP contribution >= 0.6 is 0 Å². The van der Waals surface area contributed by atoms with Gasteiger partial charge in [0.25, 0.3) is 0 Å². The Morgan fingerprint density at radius 2 is 2.19 bits per heavy atom. The highest BCUT2D eigenvalue weighted by atomic mass is 32.2. The summed E-state index contributed by atoms with van der Waals surface area (Å²) in [5.41, 5.74) is 1.91. The number of nitrogens with zero attached hydrogens (tertiary/aromatic N) is 2. The average molecular weight is 238 g/mol. The monoisotopic (exact) mass is 238 g/mol. The Morgan fingerprint density at radius 3 is 2.75 bits per heavy atom. The Bertz CT molecular complexity index is 372. The molecular formula is C12H18N2OS. The molecule has 1 atom stereocenters. The first kappa shape index (κ1) is 13.2. The molecule has 4 heteroatoms. The molecule has 0 radical (unpaired) electrons. The van der Waals surface area contributed by atoms with Gasteiger partial charge >= 0.3 is 0 Å². The molecule has 3 nitrogen and oxygen atoms in total. The Balaban J connectivity index is 2.60. The second-order valence-corrected chi connectivity index (χ2v) is 6.16. The van der Waals surface area contributed by atoms with Crippen LogP contribution in [0.5, 0.6) is 0 Å². The summed E-state index contributed by atoms with van der Waals surface area (Å²) in [7, 11) is 0. The lowest BCUT2D eigenvalue weighted by molar-refractivity contribution is 0.462. The van der Waals surface area contributed by atoms with Crippen LogP contribution in [0.25, 0.3) is 0 Å². The molecule has 1 aromatic rings. The van der Waals surface area contributed by atoms with Crippen LogP contribution < -0.4 is 0 Å². The van der Waals surface area contributed by atoms with E-state index in [0.29, 0.717) is 5.75 Å². The van der Waals surface area contributed by atoms with E-state index in [9.17, 15) is 4.55 Å². The van der Waals surface area contributed by atoms with Crippen molar-refractivity contribution in [3.63, 3.8) is 0 Å². The molecular weight excluding hydrogens is 220 g/mol. The van der Waals surface area contributed by atoms with Crippen molar-refractivity contribution in [3.8, 4) is 0 Å². The van der Waals surface area contributed by atoms with Gasteiger partial charge in [-0.25, -0.2) is 0 Å². The highest BCUT2D eigenvalue weighted by molar-refractivity contribution is 7.90. The number of aryl methyl sites for hydroxylation is 1. The average Bonchev–Trinajstić information content (AvgIpc) is 2.12. The van der Waals surface area contributed by atoms with Crippen LogP contribution in [0, 0.1) is 12.3 Å². The van der Waals surface area contributed by atoms with Crippen molar-refractivity contribution in [1.82, 2.24) is 4.98 Å². The maximum atomic E-state index is 11.6. The van der Waals surface area contributed by atoms with E-state index in [1.54, 1.807) is 12.4 Å². The normalized spacial score (nSPS) is 14.3. The molecule has 0 amide bonds. The minimum atomic E-state index is -1.17. The van der Waals surface area contributed by atoms with Gasteiger partial charge in [0, 0.05) is 11.6 Å². The second-order valence-electron chi connectivity index (χ2n) is 5.02. The first-order chi connectivity index (χ1) is 7.37. The van der Waals surface area contributed by atoms with Crippen molar-refractivity contribution in [2.75, 3.05) is 5.75 Å². The topological polar surface area (TPSA) is 48.3 Å². The molecule has 0 aliphatic rings. The fraction of sp³-hybridized carbons (Fsp3) is 0.500. The van der Waals surface area contributed by atoms with Gasteiger partial charge in [0.1, 0.15) is 12.0 Å². The molecule has 0 bridgehead atoms. The maximum absolute atomic E-state index is 11.6. The van der Waals surface area contributed by atoms with Crippen LogP contribution in [0.4, 0.5) is 0 Å². The van der Waals surface area contributed by atoms with E-state index in [4.69, 9.17) is 0 Å². The van der Waals surface area contributed by atoms with Gasteiger partial charge in [-0.3, -0.25) is 4.98 Å². The lowest BCUT2D eigenvalue weighted by atomic mass is 10.0. The van der Waals surface area contributed by atoms with E-state index >= 15 is 0 Å². The van der Waals surface area contributed by atoms with Gasteiger partial charge in [-0.15, -0.1) is 0 Å². The highest BCUT2D eigenvalue weighted by Crippen LogP contribution is 2.16. The minimum absolute atomic E-state index is 0.0300. The SMILES string of the molecule is Cc1ccnc(C=N[S@@+]([O-])CC(C)(C)C)c1. The van der Waals surface area contributed by atoms with Crippen molar-refractivity contribution in [1.29, 1.82) is 0 Å². The summed E-state index contributed by atoms with van der Waals surface area (Å²) in [6.45, 7) is 8.13. The molecule has 0 fully saturated rings. The standard InChI is InChI=1S/C12H18N2OS/c1-10-5-6-13-11(7-10)8-14-16(15)9-12(2,3)4/h5-8H,9H2,1-4H3/t16-/m0/s1. The minimum Gasteiger partial charge on any atom is -0.591 e. The molecule has 0 unspecified atom stereocenters. The summed E-state index contributed by atoms with van der Waals surface area (Å²) >= 11 is -1.17. The summed E-state index contributed by atoms with van der Waals surface area (Å²) in [6, 6.07) is 3.83. The molecule has 1 rings (SSSR count). The van der Waals surface area contributed by atoms with E-state index in [1.807, 2.05) is 39.8 Å². The van der Waals surface area contributed by atoms with Gasteiger partial charge in [0.2, 0.25) is 0 Å². The molecule has 0 saturated carbocycles. The van der Waals surface area contributed by atoms with Crippen LogP contribution in [0.15, 0.2) is 22.7 Å². The van der Waals surface area contributed by atoms with Gasteiger partial charge < -0.3 is 4.55 Å². The van der Waals surface area contributed by atoms with Crippen LogP contribution in [0.3, 0.4) is 0 Å². The van der Waals surface area contributed by atoms with E-state index < -0.39 is 11.4 Å². The number of pyridine rings is 1. The molecule has 1 heterocycles. The van der Waals surface area contributed by atoms with Crippen LogP contribution in [-0.4, -0.2) is 21.5 Å². The Labute approximate surface area is 100 Å². The Kier molecular flexibility index (Phi) is 4.50. The van der Waals surface area contributed by atoms with Crippen molar-refractivity contribution in [3.05, 3.63) is 29.6 Å². The number of hydrogen-bond acceptors (Lipinski definition) is 3. The van der Waals surface area contributed by atoms with Gasteiger partial charge in [-0.05, 0) is 24.6 Å². The molecule has 1 aromatic heterocycles. The number of aromatic nitrogens is 1. The first-order valence-corrected chi connectivity index (χ1v) is 6.50. The second kappa shape index (κ2) is 5.46. The van der Waals surface area contributed by atoms with Crippen molar-refractivity contribution >= 4 is 17.6 Å². The molecule has 0 N–H and O–H groups in total. The zero-order valence-electron chi connectivity index (χ0n) is 10.2. The first-order valence-electron chi connectivity index (χ1n) is 5.22. The Hall–Kier alpha value is -0.870. The predicted octanol–water partition coefficient (Wildman–Crippen LogP) is 2.52. The third-order valence-electron chi connectivity index (χ3n) is 1.80. The summed E-state index contributed by atoms with van der Waals surface area (Å²) in [5.74, 6) is 0.565. The van der Waals surface area contributed by atoms with Crippen molar-refractivity contribution in [2.24, 2.45) is 9.81 Å². The lowest BCUT2D eigenvalue weighted by Gasteiger charge is -2.16. The molecule has 0 aliphatic heterocycles. The fourth-order valence-electron chi connectivity index (χ4n) is 1.15. The van der Waals surface area contributed by atoms with Gasteiger partial charge in [0.05, 0.1) is 17.1 Å².